The molecule has 1 aliphatic carbocycles. The van der Waals surface area contributed by atoms with Gasteiger partial charge in [-0.1, -0.05) is 12.5 Å². The van der Waals surface area contributed by atoms with E-state index in [1.807, 2.05) is 18.2 Å². The van der Waals surface area contributed by atoms with E-state index in [0.29, 0.717) is 31.0 Å². The number of benzene rings is 1. The van der Waals surface area contributed by atoms with Gasteiger partial charge in [0.05, 0.1) is 19.0 Å². The van der Waals surface area contributed by atoms with E-state index in [1.165, 1.54) is 0 Å². The number of rotatable bonds is 8. The first-order valence-electron chi connectivity index (χ1n) is 12.5. The largest absolute Gasteiger partial charge is 0.496 e. The number of ketones is 1. The molecule has 1 saturated carbocycles. The van der Waals surface area contributed by atoms with Gasteiger partial charge in [-0.2, -0.15) is 0 Å². The Kier molecular flexibility index (Phi) is 6.92. The SMILES string of the molecule is COc1cccc2[nH]c(C(=O)N3CC4CCCC4[C@H]3C(=O)NC(C[C@@H]3CCNC3=O)C(=O)CCl)cc12. The Balaban J connectivity index is 1.39. The maximum absolute atomic E-state index is 13.7. The van der Waals surface area contributed by atoms with Gasteiger partial charge < -0.3 is 25.3 Å². The summed E-state index contributed by atoms with van der Waals surface area (Å²) >= 11 is 5.84. The van der Waals surface area contributed by atoms with E-state index in [9.17, 15) is 19.2 Å². The average molecular weight is 515 g/mol. The maximum Gasteiger partial charge on any atom is 0.271 e. The zero-order chi connectivity index (χ0) is 25.4. The molecule has 192 valence electrons. The lowest BCUT2D eigenvalue weighted by Crippen LogP contribution is -2.53. The third-order valence-corrected chi connectivity index (χ3v) is 8.28. The van der Waals surface area contributed by atoms with Gasteiger partial charge in [0.15, 0.2) is 5.78 Å². The molecular weight excluding hydrogens is 484 g/mol. The summed E-state index contributed by atoms with van der Waals surface area (Å²) in [7, 11) is 1.58. The number of hydrogen-bond donors (Lipinski definition) is 3. The van der Waals surface area contributed by atoms with Gasteiger partial charge >= 0.3 is 0 Å². The van der Waals surface area contributed by atoms with E-state index in [-0.39, 0.29) is 53.6 Å². The van der Waals surface area contributed by atoms with Gasteiger partial charge in [0.25, 0.3) is 5.91 Å². The number of nitrogens with zero attached hydrogens (tertiary/aromatic N) is 1. The zero-order valence-electron chi connectivity index (χ0n) is 20.2. The van der Waals surface area contributed by atoms with Crippen LogP contribution in [0.25, 0.3) is 10.9 Å². The second-order valence-corrected chi connectivity index (χ2v) is 10.3. The molecule has 36 heavy (non-hydrogen) atoms. The second kappa shape index (κ2) is 10.1. The first-order valence-corrected chi connectivity index (χ1v) is 13.1. The number of methoxy groups -OCH3 is 1. The minimum absolute atomic E-state index is 0.0365. The molecule has 10 heteroatoms. The van der Waals surface area contributed by atoms with E-state index >= 15 is 0 Å². The monoisotopic (exact) mass is 514 g/mol. The summed E-state index contributed by atoms with van der Waals surface area (Å²) < 4.78 is 5.42. The van der Waals surface area contributed by atoms with Crippen molar-refractivity contribution in [3.63, 3.8) is 0 Å². The number of hydrogen-bond acceptors (Lipinski definition) is 5. The van der Waals surface area contributed by atoms with Gasteiger partial charge in [-0.3, -0.25) is 19.2 Å². The highest BCUT2D eigenvalue weighted by Gasteiger charge is 2.50. The van der Waals surface area contributed by atoms with Gasteiger partial charge in [0.1, 0.15) is 17.5 Å². The summed E-state index contributed by atoms with van der Waals surface area (Å²) in [6.07, 6.45) is 3.65. The van der Waals surface area contributed by atoms with E-state index in [1.54, 1.807) is 18.1 Å². The molecule has 3 heterocycles. The van der Waals surface area contributed by atoms with Crippen LogP contribution in [0.1, 0.15) is 42.6 Å². The number of carbonyl (C=O) groups excluding carboxylic acids is 4. The third kappa shape index (κ3) is 4.45. The number of halogens is 1. The molecular formula is C26H31ClN4O5. The summed E-state index contributed by atoms with van der Waals surface area (Å²) in [5.74, 6) is -0.702. The molecule has 2 aromatic rings. The highest BCUT2D eigenvalue weighted by molar-refractivity contribution is 6.28. The fourth-order valence-corrected chi connectivity index (χ4v) is 6.39. The van der Waals surface area contributed by atoms with E-state index in [4.69, 9.17) is 16.3 Å². The Morgan fingerprint density at radius 1 is 1.25 bits per heavy atom. The number of aromatic amines is 1. The van der Waals surface area contributed by atoms with Crippen LogP contribution in [0.5, 0.6) is 5.75 Å². The molecule has 3 aliphatic rings. The van der Waals surface area contributed by atoms with Gasteiger partial charge in [-0.25, -0.2) is 0 Å². The summed E-state index contributed by atoms with van der Waals surface area (Å²) in [5.41, 5.74) is 1.17. The van der Waals surface area contributed by atoms with Crippen LogP contribution in [0, 0.1) is 17.8 Å². The summed E-state index contributed by atoms with van der Waals surface area (Å²) in [6, 6.07) is 5.78. The fourth-order valence-electron chi connectivity index (χ4n) is 6.20. The van der Waals surface area contributed by atoms with Crippen molar-refractivity contribution in [3.8, 4) is 5.75 Å². The van der Waals surface area contributed by atoms with Gasteiger partial charge in [0.2, 0.25) is 11.8 Å². The smallest absolute Gasteiger partial charge is 0.271 e. The van der Waals surface area contributed by atoms with Crippen LogP contribution < -0.4 is 15.4 Å². The predicted molar refractivity (Wildman–Crippen MR) is 134 cm³/mol. The number of Topliss-reactive ketones (excluding diaryl/α,β-unsaturated/α-hetero) is 1. The van der Waals surface area contributed by atoms with Crippen LogP contribution in [-0.2, 0) is 14.4 Å². The molecule has 2 saturated heterocycles. The third-order valence-electron chi connectivity index (χ3n) is 8.01. The van der Waals surface area contributed by atoms with E-state index in [2.05, 4.69) is 15.6 Å². The van der Waals surface area contributed by atoms with Crippen molar-refractivity contribution in [2.45, 2.75) is 44.2 Å². The lowest BCUT2D eigenvalue weighted by atomic mass is 9.92. The van der Waals surface area contributed by atoms with Crippen molar-refractivity contribution < 1.29 is 23.9 Å². The topological polar surface area (TPSA) is 121 Å². The van der Waals surface area contributed by atoms with Gasteiger partial charge in [0, 0.05) is 29.9 Å². The fraction of sp³-hybridized carbons (Fsp3) is 0.538. The molecule has 1 aromatic carbocycles. The quantitative estimate of drug-likeness (QED) is 0.466. The molecule has 2 aliphatic heterocycles. The van der Waals surface area contributed by atoms with Crippen molar-refractivity contribution in [2.75, 3.05) is 26.1 Å². The molecule has 0 radical (unpaired) electrons. The molecule has 3 unspecified atom stereocenters. The predicted octanol–water partition coefficient (Wildman–Crippen LogP) is 2.24. The summed E-state index contributed by atoms with van der Waals surface area (Å²) in [5, 5.41) is 6.44. The lowest BCUT2D eigenvalue weighted by molar-refractivity contribution is -0.131. The van der Waals surface area contributed by atoms with Crippen molar-refractivity contribution in [1.29, 1.82) is 0 Å². The number of likely N-dealkylation sites (tertiary alicyclic amines) is 1. The van der Waals surface area contributed by atoms with Crippen molar-refractivity contribution in [3.05, 3.63) is 30.0 Å². The maximum atomic E-state index is 13.7. The van der Waals surface area contributed by atoms with Crippen LogP contribution in [0.2, 0.25) is 0 Å². The lowest BCUT2D eigenvalue weighted by Gasteiger charge is -2.29. The number of nitrogens with one attached hydrogen (secondary N) is 3. The Labute approximate surface area is 214 Å². The molecule has 5 rings (SSSR count). The van der Waals surface area contributed by atoms with Crippen LogP contribution in [0.15, 0.2) is 24.3 Å². The van der Waals surface area contributed by atoms with Gasteiger partial charge in [-0.05, 0) is 55.7 Å². The molecule has 1 aromatic heterocycles. The summed E-state index contributed by atoms with van der Waals surface area (Å²) in [6.45, 7) is 1.05. The molecule has 0 bridgehead atoms. The van der Waals surface area contributed by atoms with Crippen LogP contribution in [0.4, 0.5) is 0 Å². The molecule has 3 fully saturated rings. The minimum Gasteiger partial charge on any atom is -0.496 e. The second-order valence-electron chi connectivity index (χ2n) is 10.0. The van der Waals surface area contributed by atoms with Gasteiger partial charge in [-0.15, -0.1) is 11.6 Å². The van der Waals surface area contributed by atoms with Crippen LogP contribution in [0.3, 0.4) is 0 Å². The molecule has 5 atom stereocenters. The number of alkyl halides is 1. The highest BCUT2D eigenvalue weighted by atomic mass is 35.5. The van der Waals surface area contributed by atoms with E-state index < -0.39 is 12.1 Å². The molecule has 0 spiro atoms. The first-order chi connectivity index (χ1) is 17.4. The number of fused-ring (bicyclic) bond motifs is 2. The van der Waals surface area contributed by atoms with Crippen LogP contribution in [-0.4, -0.2) is 71.6 Å². The Morgan fingerprint density at radius 2 is 2.08 bits per heavy atom. The Morgan fingerprint density at radius 3 is 2.81 bits per heavy atom. The van der Waals surface area contributed by atoms with E-state index in [0.717, 1.165) is 30.2 Å². The molecule has 3 amide bonds. The van der Waals surface area contributed by atoms with Crippen molar-refractivity contribution >= 4 is 46.0 Å². The number of ether oxygens (including phenoxy) is 1. The number of carbonyl (C=O) groups is 4. The zero-order valence-corrected chi connectivity index (χ0v) is 21.0. The summed E-state index contributed by atoms with van der Waals surface area (Å²) in [4.78, 5) is 56.9. The normalized spacial score (nSPS) is 26.1. The minimum atomic E-state index is -0.862. The van der Waals surface area contributed by atoms with Crippen LogP contribution >= 0.6 is 11.6 Å². The first kappa shape index (κ1) is 24.6. The standard InChI is InChI=1S/C26H31ClN4O5/c1-36-22-7-3-6-18-17(22)11-20(29-18)26(35)31-13-15-4-2-5-16(15)23(31)25(34)30-19(21(32)12-27)10-14-8-9-28-24(14)33/h3,6-7,11,14-16,19,23,29H,2,4-5,8-10,12-13H2,1H3,(H,28,33)(H,30,34)/t14-,15?,16?,19?,23-/m0/s1. The number of amides is 3. The molecule has 9 nitrogen and oxygen atoms in total. The number of aromatic nitrogens is 1. The van der Waals surface area contributed by atoms with Crippen molar-refractivity contribution in [1.82, 2.24) is 20.5 Å². The number of H-pyrrole nitrogens is 1. The molecule has 3 N–H and O–H groups in total. The Hall–Kier alpha value is -3.07. The Bertz CT molecular complexity index is 1200. The van der Waals surface area contributed by atoms with Crippen molar-refractivity contribution in [2.24, 2.45) is 17.8 Å². The highest BCUT2D eigenvalue weighted by Crippen LogP contribution is 2.43. The average Bonchev–Trinajstić information content (AvgIpc) is 3.66.